The summed E-state index contributed by atoms with van der Waals surface area (Å²) >= 11 is 0. The summed E-state index contributed by atoms with van der Waals surface area (Å²) in [4.78, 5) is 31.1. The number of hydrogen-bond acceptors (Lipinski definition) is 3. The number of hydrogen-bond donors (Lipinski definition) is 1. The molecule has 1 saturated heterocycles. The third-order valence-electron chi connectivity index (χ3n) is 4.76. The van der Waals surface area contributed by atoms with E-state index in [1.165, 1.54) is 17.8 Å². The Labute approximate surface area is 148 Å². The number of rotatable bonds is 5. The van der Waals surface area contributed by atoms with Crippen molar-refractivity contribution in [2.24, 2.45) is 0 Å². The van der Waals surface area contributed by atoms with E-state index in [0.717, 1.165) is 25.9 Å². The molecule has 132 valence electrons. The van der Waals surface area contributed by atoms with Gasteiger partial charge in [0, 0.05) is 50.0 Å². The lowest BCUT2D eigenvalue weighted by Crippen LogP contribution is -2.54. The highest BCUT2D eigenvalue weighted by Gasteiger charge is 2.29. The number of amides is 1. The lowest BCUT2D eigenvalue weighted by atomic mass is 10.0. The zero-order valence-electron chi connectivity index (χ0n) is 14.6. The maximum absolute atomic E-state index is 12.7. The minimum Gasteiger partial charge on any atom is -0.336 e. The standard InChI is InChI=1S/C20H25N3O2/c1-2-6-18-15-23(20(25)17-9-10-21-19(24)13-17)12-11-22(18)14-16-7-4-3-5-8-16/h3-5,7-10,13,18H,2,6,11-12,14-15H2,1H3,(H,21,24)/t18-/m1/s1. The zero-order valence-corrected chi connectivity index (χ0v) is 14.6. The Balaban J connectivity index is 1.70. The molecule has 3 rings (SSSR count). The van der Waals surface area contributed by atoms with Crippen LogP contribution < -0.4 is 5.56 Å². The van der Waals surface area contributed by atoms with Gasteiger partial charge in [0.05, 0.1) is 0 Å². The quantitative estimate of drug-likeness (QED) is 0.911. The molecule has 1 aliphatic rings. The molecule has 0 aliphatic carbocycles. The van der Waals surface area contributed by atoms with E-state index in [9.17, 15) is 9.59 Å². The number of aromatic amines is 1. The molecule has 2 heterocycles. The number of aromatic nitrogens is 1. The van der Waals surface area contributed by atoms with Gasteiger partial charge in [-0.3, -0.25) is 14.5 Å². The number of carbonyl (C=O) groups is 1. The van der Waals surface area contributed by atoms with Crippen molar-refractivity contribution in [1.82, 2.24) is 14.8 Å². The van der Waals surface area contributed by atoms with Crippen molar-refractivity contribution in [3.63, 3.8) is 0 Å². The molecule has 0 spiro atoms. The Morgan fingerprint density at radius 2 is 2.00 bits per heavy atom. The van der Waals surface area contributed by atoms with E-state index in [1.807, 2.05) is 11.0 Å². The smallest absolute Gasteiger partial charge is 0.254 e. The number of benzene rings is 1. The molecule has 0 saturated carbocycles. The van der Waals surface area contributed by atoms with Gasteiger partial charge in [0.15, 0.2) is 0 Å². The highest BCUT2D eigenvalue weighted by Crippen LogP contribution is 2.19. The van der Waals surface area contributed by atoms with E-state index in [0.29, 0.717) is 24.7 Å². The van der Waals surface area contributed by atoms with E-state index in [1.54, 1.807) is 6.07 Å². The fraction of sp³-hybridized carbons (Fsp3) is 0.400. The molecule has 0 bridgehead atoms. The molecule has 5 nitrogen and oxygen atoms in total. The predicted octanol–water partition coefficient (Wildman–Crippen LogP) is 2.50. The van der Waals surface area contributed by atoms with E-state index in [4.69, 9.17) is 0 Å². The minimum atomic E-state index is -0.237. The van der Waals surface area contributed by atoms with Crippen LogP contribution in [0.2, 0.25) is 0 Å². The lowest BCUT2D eigenvalue weighted by molar-refractivity contribution is 0.0438. The van der Waals surface area contributed by atoms with Crippen molar-refractivity contribution in [2.75, 3.05) is 19.6 Å². The van der Waals surface area contributed by atoms with E-state index < -0.39 is 0 Å². The molecule has 2 aromatic rings. The zero-order chi connectivity index (χ0) is 17.6. The van der Waals surface area contributed by atoms with Crippen LogP contribution in [0.5, 0.6) is 0 Å². The Kier molecular flexibility index (Phi) is 5.66. The topological polar surface area (TPSA) is 56.4 Å². The first kappa shape index (κ1) is 17.4. The first-order chi connectivity index (χ1) is 12.2. The van der Waals surface area contributed by atoms with Crippen molar-refractivity contribution < 1.29 is 4.79 Å². The van der Waals surface area contributed by atoms with Gasteiger partial charge >= 0.3 is 0 Å². The first-order valence-electron chi connectivity index (χ1n) is 8.93. The minimum absolute atomic E-state index is 0.0495. The largest absolute Gasteiger partial charge is 0.336 e. The summed E-state index contributed by atoms with van der Waals surface area (Å²) in [5.74, 6) is -0.0495. The van der Waals surface area contributed by atoms with Crippen molar-refractivity contribution in [3.8, 4) is 0 Å². The fourth-order valence-electron chi connectivity index (χ4n) is 3.47. The molecule has 1 aromatic heterocycles. The van der Waals surface area contributed by atoms with Crippen LogP contribution in [0.15, 0.2) is 53.5 Å². The Bertz CT molecular complexity index is 757. The SMILES string of the molecule is CCC[C@@H]1CN(C(=O)c2cc[nH]c(=O)c2)CCN1Cc1ccccc1. The molecular formula is C20H25N3O2. The van der Waals surface area contributed by atoms with Crippen LogP contribution in [0, 0.1) is 0 Å². The van der Waals surface area contributed by atoms with Crippen molar-refractivity contribution >= 4 is 5.91 Å². The Morgan fingerprint density at radius 1 is 1.20 bits per heavy atom. The summed E-state index contributed by atoms with van der Waals surface area (Å²) in [6.07, 6.45) is 3.68. The van der Waals surface area contributed by atoms with Crippen LogP contribution in [0.25, 0.3) is 0 Å². The number of nitrogens with one attached hydrogen (secondary N) is 1. The molecule has 0 radical (unpaired) electrons. The van der Waals surface area contributed by atoms with E-state index >= 15 is 0 Å². The van der Waals surface area contributed by atoms with Gasteiger partial charge in [-0.25, -0.2) is 0 Å². The summed E-state index contributed by atoms with van der Waals surface area (Å²) in [5.41, 5.74) is 1.53. The van der Waals surface area contributed by atoms with Gasteiger partial charge in [-0.1, -0.05) is 43.7 Å². The number of nitrogens with zero attached hydrogens (tertiary/aromatic N) is 2. The highest BCUT2D eigenvalue weighted by molar-refractivity contribution is 5.94. The number of carbonyl (C=O) groups excluding carboxylic acids is 1. The van der Waals surface area contributed by atoms with E-state index in [2.05, 4.69) is 41.1 Å². The van der Waals surface area contributed by atoms with Crippen LogP contribution >= 0.6 is 0 Å². The maximum Gasteiger partial charge on any atom is 0.254 e. The van der Waals surface area contributed by atoms with Gasteiger partial charge in [0.25, 0.3) is 5.91 Å². The number of pyridine rings is 1. The fourth-order valence-corrected chi connectivity index (χ4v) is 3.47. The Morgan fingerprint density at radius 3 is 2.72 bits per heavy atom. The second-order valence-corrected chi connectivity index (χ2v) is 6.59. The van der Waals surface area contributed by atoms with Crippen LogP contribution in [0.4, 0.5) is 0 Å². The van der Waals surface area contributed by atoms with Gasteiger partial charge in [-0.15, -0.1) is 0 Å². The highest BCUT2D eigenvalue weighted by atomic mass is 16.2. The second kappa shape index (κ2) is 8.12. The van der Waals surface area contributed by atoms with Crippen LogP contribution in [-0.2, 0) is 6.54 Å². The molecule has 1 fully saturated rings. The van der Waals surface area contributed by atoms with Gasteiger partial charge in [0.2, 0.25) is 5.56 Å². The lowest BCUT2D eigenvalue weighted by Gasteiger charge is -2.41. The molecule has 0 unspecified atom stereocenters. The molecule has 1 aromatic carbocycles. The molecule has 1 aliphatic heterocycles. The maximum atomic E-state index is 12.7. The third kappa shape index (κ3) is 4.37. The summed E-state index contributed by atoms with van der Waals surface area (Å²) in [5, 5.41) is 0. The van der Waals surface area contributed by atoms with E-state index in [-0.39, 0.29) is 11.5 Å². The van der Waals surface area contributed by atoms with Gasteiger partial charge in [-0.05, 0) is 18.1 Å². The van der Waals surface area contributed by atoms with Gasteiger partial charge in [0.1, 0.15) is 0 Å². The molecule has 1 atom stereocenters. The summed E-state index contributed by atoms with van der Waals surface area (Å²) < 4.78 is 0. The molecule has 5 heteroatoms. The first-order valence-corrected chi connectivity index (χ1v) is 8.93. The van der Waals surface area contributed by atoms with Crippen LogP contribution in [0.1, 0.15) is 35.7 Å². The molecule has 25 heavy (non-hydrogen) atoms. The van der Waals surface area contributed by atoms with Crippen molar-refractivity contribution in [3.05, 3.63) is 70.1 Å². The normalized spacial score (nSPS) is 18.3. The number of H-pyrrole nitrogens is 1. The average Bonchev–Trinajstić information content (AvgIpc) is 2.63. The monoisotopic (exact) mass is 339 g/mol. The predicted molar refractivity (Wildman–Crippen MR) is 98.5 cm³/mol. The van der Waals surface area contributed by atoms with Crippen LogP contribution in [0.3, 0.4) is 0 Å². The number of piperazine rings is 1. The molecular weight excluding hydrogens is 314 g/mol. The molecule has 1 amide bonds. The summed E-state index contributed by atoms with van der Waals surface area (Å²) in [7, 11) is 0. The molecule has 1 N–H and O–H groups in total. The van der Waals surface area contributed by atoms with Crippen molar-refractivity contribution in [1.29, 1.82) is 0 Å². The average molecular weight is 339 g/mol. The third-order valence-corrected chi connectivity index (χ3v) is 4.76. The van der Waals surface area contributed by atoms with Gasteiger partial charge < -0.3 is 9.88 Å². The van der Waals surface area contributed by atoms with Crippen LogP contribution in [-0.4, -0.2) is 46.4 Å². The van der Waals surface area contributed by atoms with Crippen molar-refractivity contribution in [2.45, 2.75) is 32.4 Å². The summed E-state index contributed by atoms with van der Waals surface area (Å²) in [6.45, 7) is 5.36. The summed E-state index contributed by atoms with van der Waals surface area (Å²) in [6, 6.07) is 13.9. The van der Waals surface area contributed by atoms with Gasteiger partial charge in [-0.2, -0.15) is 0 Å². The Hall–Kier alpha value is -2.40. The second-order valence-electron chi connectivity index (χ2n) is 6.59.